The van der Waals surface area contributed by atoms with Crippen molar-refractivity contribution in [1.82, 2.24) is 9.55 Å². The first kappa shape index (κ1) is 15.8. The number of carbonyl (C=O) groups is 1. The van der Waals surface area contributed by atoms with Crippen LogP contribution in [-0.2, 0) is 11.3 Å². The van der Waals surface area contributed by atoms with Crippen molar-refractivity contribution >= 4 is 28.8 Å². The Labute approximate surface area is 127 Å². The standard InChI is InChI=1S/C15H19FN2O2S/c1-9(2)10(3)7-18-13-5-4-11(16)6-12(13)17-15(18)21-8-14(19)20/h4-6,9-10H,7-8H2,1-3H3,(H,19,20). The minimum absolute atomic E-state index is 0.0537. The van der Waals surface area contributed by atoms with E-state index in [2.05, 4.69) is 25.8 Å². The number of aromatic nitrogens is 2. The van der Waals surface area contributed by atoms with Gasteiger partial charge < -0.3 is 9.67 Å². The minimum atomic E-state index is -0.887. The second kappa shape index (κ2) is 6.47. The first-order valence-corrected chi connectivity index (χ1v) is 7.87. The molecule has 0 saturated heterocycles. The predicted octanol–water partition coefficient (Wildman–Crippen LogP) is 3.64. The first-order valence-electron chi connectivity index (χ1n) is 6.89. The van der Waals surface area contributed by atoms with Gasteiger partial charge in [0.2, 0.25) is 0 Å². The average Bonchev–Trinajstić information content (AvgIpc) is 2.73. The van der Waals surface area contributed by atoms with Gasteiger partial charge in [0.15, 0.2) is 5.16 Å². The summed E-state index contributed by atoms with van der Waals surface area (Å²) in [4.78, 5) is 15.1. The number of thioether (sulfide) groups is 1. The maximum absolute atomic E-state index is 13.3. The van der Waals surface area contributed by atoms with Crippen molar-refractivity contribution in [1.29, 1.82) is 0 Å². The highest BCUT2D eigenvalue weighted by Crippen LogP contribution is 2.27. The molecule has 2 aromatic rings. The van der Waals surface area contributed by atoms with E-state index in [1.54, 1.807) is 6.07 Å². The van der Waals surface area contributed by atoms with E-state index in [4.69, 9.17) is 5.11 Å². The highest BCUT2D eigenvalue weighted by atomic mass is 32.2. The van der Waals surface area contributed by atoms with Crippen LogP contribution in [-0.4, -0.2) is 26.4 Å². The molecule has 0 aliphatic heterocycles. The van der Waals surface area contributed by atoms with E-state index in [9.17, 15) is 9.18 Å². The fourth-order valence-electron chi connectivity index (χ4n) is 1.99. The van der Waals surface area contributed by atoms with Crippen LogP contribution in [0.3, 0.4) is 0 Å². The molecule has 1 unspecified atom stereocenters. The number of imidazole rings is 1. The van der Waals surface area contributed by atoms with E-state index in [1.807, 2.05) is 4.57 Å². The van der Waals surface area contributed by atoms with Gasteiger partial charge in [0.05, 0.1) is 16.8 Å². The van der Waals surface area contributed by atoms with Gasteiger partial charge >= 0.3 is 5.97 Å². The van der Waals surface area contributed by atoms with Crippen LogP contribution in [0.4, 0.5) is 4.39 Å². The molecular formula is C15H19FN2O2S. The fraction of sp³-hybridized carbons (Fsp3) is 0.467. The Morgan fingerprint density at radius 2 is 2.14 bits per heavy atom. The van der Waals surface area contributed by atoms with Crippen LogP contribution in [0.25, 0.3) is 11.0 Å². The third-order valence-electron chi connectivity index (χ3n) is 3.61. The maximum Gasteiger partial charge on any atom is 0.313 e. The van der Waals surface area contributed by atoms with Crippen molar-refractivity contribution in [2.45, 2.75) is 32.5 Å². The van der Waals surface area contributed by atoms with Crippen molar-refractivity contribution in [2.75, 3.05) is 5.75 Å². The molecule has 6 heteroatoms. The zero-order chi connectivity index (χ0) is 15.6. The van der Waals surface area contributed by atoms with E-state index < -0.39 is 5.97 Å². The lowest BCUT2D eigenvalue weighted by Gasteiger charge is -2.18. The molecule has 0 amide bonds. The molecule has 114 valence electrons. The molecule has 0 radical (unpaired) electrons. The monoisotopic (exact) mass is 310 g/mol. The summed E-state index contributed by atoms with van der Waals surface area (Å²) in [7, 11) is 0. The van der Waals surface area contributed by atoms with Crippen molar-refractivity contribution in [3.8, 4) is 0 Å². The zero-order valence-corrected chi connectivity index (χ0v) is 13.2. The number of carboxylic acid groups (broad SMARTS) is 1. The van der Waals surface area contributed by atoms with Gasteiger partial charge in [0, 0.05) is 12.6 Å². The summed E-state index contributed by atoms with van der Waals surface area (Å²) in [6.45, 7) is 7.18. The molecule has 0 spiro atoms. The molecule has 21 heavy (non-hydrogen) atoms. The highest BCUT2D eigenvalue weighted by Gasteiger charge is 2.17. The zero-order valence-electron chi connectivity index (χ0n) is 12.3. The molecule has 0 bridgehead atoms. The Kier molecular flexibility index (Phi) is 4.88. The Bertz CT molecular complexity index is 654. The Morgan fingerprint density at radius 1 is 1.43 bits per heavy atom. The molecule has 0 aliphatic rings. The fourth-order valence-corrected chi connectivity index (χ4v) is 2.74. The van der Waals surface area contributed by atoms with Crippen molar-refractivity contribution in [2.24, 2.45) is 11.8 Å². The summed E-state index contributed by atoms with van der Waals surface area (Å²) in [6.07, 6.45) is 0. The number of fused-ring (bicyclic) bond motifs is 1. The van der Waals surface area contributed by atoms with E-state index in [0.29, 0.717) is 22.5 Å². The van der Waals surface area contributed by atoms with Gasteiger partial charge in [-0.25, -0.2) is 9.37 Å². The van der Waals surface area contributed by atoms with Gasteiger partial charge in [0.25, 0.3) is 0 Å². The predicted molar refractivity (Wildman–Crippen MR) is 82.1 cm³/mol. The lowest BCUT2D eigenvalue weighted by Crippen LogP contribution is -2.14. The molecule has 1 N–H and O–H groups in total. The molecule has 0 saturated carbocycles. The normalized spacial score (nSPS) is 13.0. The number of carboxylic acids is 1. The molecule has 1 aromatic carbocycles. The number of halogens is 1. The van der Waals surface area contributed by atoms with Crippen LogP contribution in [0.15, 0.2) is 23.4 Å². The van der Waals surface area contributed by atoms with Crippen LogP contribution in [0.1, 0.15) is 20.8 Å². The third-order valence-corrected chi connectivity index (χ3v) is 4.57. The molecule has 2 rings (SSSR count). The van der Waals surface area contributed by atoms with Crippen LogP contribution in [0.2, 0.25) is 0 Å². The SMILES string of the molecule is CC(C)C(C)Cn1c(SCC(=O)O)nc2cc(F)ccc21. The number of hydrogen-bond acceptors (Lipinski definition) is 3. The van der Waals surface area contributed by atoms with Gasteiger partial charge in [-0.1, -0.05) is 32.5 Å². The second-order valence-electron chi connectivity index (χ2n) is 5.54. The van der Waals surface area contributed by atoms with E-state index in [0.717, 1.165) is 12.1 Å². The Balaban J connectivity index is 2.41. The van der Waals surface area contributed by atoms with Crippen LogP contribution >= 0.6 is 11.8 Å². The molecule has 1 heterocycles. The van der Waals surface area contributed by atoms with Crippen LogP contribution < -0.4 is 0 Å². The number of hydrogen-bond donors (Lipinski definition) is 1. The Morgan fingerprint density at radius 3 is 2.76 bits per heavy atom. The second-order valence-corrected chi connectivity index (χ2v) is 6.48. The number of benzene rings is 1. The van der Waals surface area contributed by atoms with E-state index in [-0.39, 0.29) is 11.6 Å². The topological polar surface area (TPSA) is 55.1 Å². The van der Waals surface area contributed by atoms with Crippen molar-refractivity contribution in [3.05, 3.63) is 24.0 Å². The van der Waals surface area contributed by atoms with Gasteiger partial charge in [-0.15, -0.1) is 0 Å². The molecule has 4 nitrogen and oxygen atoms in total. The number of rotatable bonds is 6. The van der Waals surface area contributed by atoms with Crippen LogP contribution in [0.5, 0.6) is 0 Å². The highest BCUT2D eigenvalue weighted by molar-refractivity contribution is 7.99. The lowest BCUT2D eigenvalue weighted by molar-refractivity contribution is -0.133. The van der Waals surface area contributed by atoms with Crippen LogP contribution in [0, 0.1) is 17.7 Å². The summed E-state index contributed by atoms with van der Waals surface area (Å²) in [5, 5.41) is 9.47. The first-order chi connectivity index (χ1) is 9.88. The molecule has 1 aromatic heterocycles. The largest absolute Gasteiger partial charge is 0.481 e. The third kappa shape index (κ3) is 3.75. The summed E-state index contributed by atoms with van der Waals surface area (Å²) in [5.74, 6) is -0.362. The van der Waals surface area contributed by atoms with Gasteiger partial charge in [-0.3, -0.25) is 4.79 Å². The summed E-state index contributed by atoms with van der Waals surface area (Å²) in [5.41, 5.74) is 1.41. The molecular weight excluding hydrogens is 291 g/mol. The summed E-state index contributed by atoms with van der Waals surface area (Å²) < 4.78 is 15.3. The van der Waals surface area contributed by atoms with Crippen molar-refractivity contribution < 1.29 is 14.3 Å². The average molecular weight is 310 g/mol. The maximum atomic E-state index is 13.3. The van der Waals surface area contributed by atoms with Crippen molar-refractivity contribution in [3.63, 3.8) is 0 Å². The molecule has 0 fully saturated rings. The van der Waals surface area contributed by atoms with E-state index in [1.165, 1.54) is 23.9 Å². The van der Waals surface area contributed by atoms with E-state index >= 15 is 0 Å². The van der Waals surface area contributed by atoms with Gasteiger partial charge in [-0.05, 0) is 24.0 Å². The Hall–Kier alpha value is -1.56. The number of aliphatic carboxylic acids is 1. The summed E-state index contributed by atoms with van der Waals surface area (Å²) in [6, 6.07) is 4.50. The smallest absolute Gasteiger partial charge is 0.313 e. The molecule has 0 aliphatic carbocycles. The quantitative estimate of drug-likeness (QED) is 0.828. The lowest BCUT2D eigenvalue weighted by atomic mass is 9.98. The number of nitrogens with zero attached hydrogens (tertiary/aromatic N) is 2. The molecule has 1 atom stereocenters. The minimum Gasteiger partial charge on any atom is -0.481 e. The summed E-state index contributed by atoms with van der Waals surface area (Å²) >= 11 is 1.17. The van der Waals surface area contributed by atoms with Gasteiger partial charge in [-0.2, -0.15) is 0 Å². The van der Waals surface area contributed by atoms with Gasteiger partial charge in [0.1, 0.15) is 5.82 Å².